The normalized spacial score (nSPS) is 10.8. The molecule has 0 atom stereocenters. The van der Waals surface area contributed by atoms with Gasteiger partial charge >= 0.3 is 18.8 Å². The smallest absolute Gasteiger partial charge is 0.418 e. The second kappa shape index (κ2) is 9.40. The Hall–Kier alpha value is -3.41. The maximum Gasteiger partial charge on any atom is 0.673 e. The lowest BCUT2D eigenvalue weighted by Gasteiger charge is -2.06. The van der Waals surface area contributed by atoms with Crippen LogP contribution in [-0.2, 0) is 0 Å². The van der Waals surface area contributed by atoms with Gasteiger partial charge in [-0.3, -0.25) is 0 Å². The van der Waals surface area contributed by atoms with E-state index in [-0.39, 0.29) is 0 Å². The minimum atomic E-state index is -6.00. The van der Waals surface area contributed by atoms with Crippen molar-refractivity contribution < 1.29 is 21.7 Å². The molecule has 6 heteroatoms. The fourth-order valence-corrected chi connectivity index (χ4v) is 3.10. The zero-order chi connectivity index (χ0) is 21.6. The second-order valence-corrected chi connectivity index (χ2v) is 6.57. The van der Waals surface area contributed by atoms with Crippen LogP contribution in [0.1, 0.15) is 5.56 Å². The van der Waals surface area contributed by atoms with Gasteiger partial charge in [-0.05, 0) is 36.8 Å². The monoisotopic (exact) mass is 410 g/mol. The summed E-state index contributed by atoms with van der Waals surface area (Å²) in [5.74, 6) is 1.80. The van der Waals surface area contributed by atoms with E-state index in [4.69, 9.17) is 4.42 Å². The van der Waals surface area contributed by atoms with Crippen molar-refractivity contribution in [2.24, 2.45) is 0 Å². The Morgan fingerprint density at radius 3 is 1.47 bits per heavy atom. The Morgan fingerprint density at radius 1 is 0.600 bits per heavy atom. The van der Waals surface area contributed by atoms with Crippen LogP contribution < -0.4 is 0 Å². The molecule has 0 bridgehead atoms. The van der Waals surface area contributed by atoms with E-state index in [9.17, 15) is 17.3 Å². The lowest BCUT2D eigenvalue weighted by Crippen LogP contribution is -2.02. The summed E-state index contributed by atoms with van der Waals surface area (Å²) in [7, 11) is -6.00. The summed E-state index contributed by atoms with van der Waals surface area (Å²) in [5, 5.41) is 0. The molecule has 4 rings (SSSR count). The van der Waals surface area contributed by atoms with Crippen molar-refractivity contribution >= 4 is 7.25 Å². The van der Waals surface area contributed by atoms with Gasteiger partial charge in [0.05, 0.1) is 22.8 Å². The highest BCUT2D eigenvalue weighted by Gasteiger charge is 2.24. The highest BCUT2D eigenvalue weighted by Crippen LogP contribution is 2.36. The molecule has 0 fully saturated rings. The van der Waals surface area contributed by atoms with E-state index in [2.05, 4.69) is 61.5 Å². The fraction of sp³-hybridized carbons (Fsp3) is 0.0417. The van der Waals surface area contributed by atoms with Crippen molar-refractivity contribution in [1.29, 1.82) is 0 Å². The molecule has 1 aromatic heterocycles. The SMILES string of the molecule is Cc1c(-c2ccccc2)cc(-c2ccccc2)[o+]c1-c1ccccc1.F[B-](F)(F)F. The summed E-state index contributed by atoms with van der Waals surface area (Å²) in [6.45, 7) is 2.13. The van der Waals surface area contributed by atoms with E-state index in [0.29, 0.717) is 0 Å². The summed E-state index contributed by atoms with van der Waals surface area (Å²) in [4.78, 5) is 0. The van der Waals surface area contributed by atoms with Crippen molar-refractivity contribution in [2.75, 3.05) is 0 Å². The van der Waals surface area contributed by atoms with Gasteiger partial charge in [0.2, 0.25) is 0 Å². The van der Waals surface area contributed by atoms with Gasteiger partial charge < -0.3 is 17.3 Å². The first-order chi connectivity index (χ1) is 14.3. The van der Waals surface area contributed by atoms with Crippen molar-refractivity contribution in [3.63, 3.8) is 0 Å². The molecule has 0 aliphatic rings. The van der Waals surface area contributed by atoms with E-state index in [0.717, 1.165) is 28.2 Å². The van der Waals surface area contributed by atoms with Gasteiger partial charge in [-0.15, -0.1) is 0 Å². The number of rotatable bonds is 3. The zero-order valence-electron chi connectivity index (χ0n) is 16.2. The average molecular weight is 410 g/mol. The van der Waals surface area contributed by atoms with E-state index >= 15 is 0 Å². The van der Waals surface area contributed by atoms with Gasteiger partial charge in [-0.1, -0.05) is 66.7 Å². The summed E-state index contributed by atoms with van der Waals surface area (Å²) < 4.78 is 45.3. The van der Waals surface area contributed by atoms with Gasteiger partial charge in [-0.25, -0.2) is 4.42 Å². The van der Waals surface area contributed by atoms with Crippen molar-refractivity contribution in [3.05, 3.63) is 103 Å². The van der Waals surface area contributed by atoms with Crippen molar-refractivity contribution in [2.45, 2.75) is 6.92 Å². The predicted molar refractivity (Wildman–Crippen MR) is 114 cm³/mol. The van der Waals surface area contributed by atoms with E-state index < -0.39 is 7.25 Å². The fourth-order valence-electron chi connectivity index (χ4n) is 3.10. The molecule has 3 aromatic carbocycles. The molecule has 0 saturated heterocycles. The Bertz CT molecular complexity index is 1020. The molecule has 0 amide bonds. The summed E-state index contributed by atoms with van der Waals surface area (Å²) >= 11 is 0. The third-order valence-electron chi connectivity index (χ3n) is 4.41. The first-order valence-corrected chi connectivity index (χ1v) is 9.34. The Balaban J connectivity index is 0.000000461. The topological polar surface area (TPSA) is 11.3 Å². The maximum absolute atomic E-state index is 9.75. The highest BCUT2D eigenvalue weighted by atomic mass is 19.5. The van der Waals surface area contributed by atoms with E-state index in [1.807, 2.05) is 42.5 Å². The first kappa shape index (κ1) is 21.3. The minimum absolute atomic E-state index is 0.879. The quantitative estimate of drug-likeness (QED) is 0.188. The third kappa shape index (κ3) is 5.80. The standard InChI is InChI=1S/C24H19O.BF4/c1-18-22(19-11-5-2-6-12-19)17-23(20-13-7-3-8-14-20)25-24(18)21-15-9-4-10-16-21;2-1(3,4)5/h2-17H,1H3;/q+1;-1. The Kier molecular flexibility index (Phi) is 6.67. The van der Waals surface area contributed by atoms with E-state index in [1.165, 1.54) is 11.1 Å². The molecule has 1 heterocycles. The van der Waals surface area contributed by atoms with Crippen molar-refractivity contribution in [3.8, 4) is 33.8 Å². The van der Waals surface area contributed by atoms with E-state index in [1.54, 1.807) is 0 Å². The third-order valence-corrected chi connectivity index (χ3v) is 4.41. The number of benzene rings is 3. The molecular formula is C24H19BF4O. The van der Waals surface area contributed by atoms with Crippen molar-refractivity contribution in [1.82, 2.24) is 0 Å². The Labute approximate surface area is 172 Å². The summed E-state index contributed by atoms with van der Waals surface area (Å²) in [6, 6.07) is 33.2. The second-order valence-electron chi connectivity index (χ2n) is 6.57. The molecule has 0 aliphatic carbocycles. The number of hydrogen-bond acceptors (Lipinski definition) is 0. The van der Waals surface area contributed by atoms with Crippen LogP contribution in [0.25, 0.3) is 33.8 Å². The van der Waals surface area contributed by atoms with Gasteiger partial charge in [0.15, 0.2) is 0 Å². The molecule has 4 aromatic rings. The lowest BCUT2D eigenvalue weighted by atomic mass is 9.96. The predicted octanol–water partition coefficient (Wildman–Crippen LogP) is 8.17. The van der Waals surface area contributed by atoms with Gasteiger partial charge in [0.1, 0.15) is 0 Å². The van der Waals surface area contributed by atoms with Crippen LogP contribution >= 0.6 is 0 Å². The van der Waals surface area contributed by atoms with Gasteiger partial charge in [0.25, 0.3) is 0 Å². The highest BCUT2D eigenvalue weighted by molar-refractivity contribution is 6.50. The van der Waals surface area contributed by atoms with Crippen LogP contribution in [0.5, 0.6) is 0 Å². The average Bonchev–Trinajstić information content (AvgIpc) is 2.75. The van der Waals surface area contributed by atoms with Gasteiger partial charge in [-0.2, -0.15) is 0 Å². The molecular weight excluding hydrogens is 391 g/mol. The molecule has 0 radical (unpaired) electrons. The molecule has 0 aliphatic heterocycles. The Morgan fingerprint density at radius 2 is 1.00 bits per heavy atom. The largest absolute Gasteiger partial charge is 0.673 e. The van der Waals surface area contributed by atoms with Crippen LogP contribution in [0.2, 0.25) is 0 Å². The maximum atomic E-state index is 9.75. The molecule has 1 nitrogen and oxygen atoms in total. The number of halogens is 4. The first-order valence-electron chi connectivity index (χ1n) is 9.34. The molecule has 0 spiro atoms. The van der Waals surface area contributed by atoms with Crippen LogP contribution in [0.3, 0.4) is 0 Å². The number of hydrogen-bond donors (Lipinski definition) is 0. The summed E-state index contributed by atoms with van der Waals surface area (Å²) in [6.07, 6.45) is 0. The molecule has 0 unspecified atom stereocenters. The lowest BCUT2D eigenvalue weighted by molar-refractivity contribution is 0.368. The minimum Gasteiger partial charge on any atom is -0.418 e. The van der Waals surface area contributed by atoms with Crippen LogP contribution in [0, 0.1) is 6.92 Å². The van der Waals surface area contributed by atoms with Crippen LogP contribution in [0.4, 0.5) is 17.3 Å². The zero-order valence-corrected chi connectivity index (χ0v) is 16.2. The molecule has 0 saturated carbocycles. The van der Waals surface area contributed by atoms with Crippen LogP contribution in [0.15, 0.2) is 101 Å². The molecule has 30 heavy (non-hydrogen) atoms. The summed E-state index contributed by atoms with van der Waals surface area (Å²) in [5.41, 5.74) is 5.72. The molecule has 0 N–H and O–H groups in total. The van der Waals surface area contributed by atoms with Crippen LogP contribution in [-0.4, -0.2) is 7.25 Å². The van der Waals surface area contributed by atoms with Gasteiger partial charge in [0, 0.05) is 5.56 Å². The molecule has 152 valence electrons.